The highest BCUT2D eigenvalue weighted by Gasteiger charge is 2.34. The Bertz CT molecular complexity index is 1050. The van der Waals surface area contributed by atoms with Gasteiger partial charge in [0, 0.05) is 18.5 Å². The van der Waals surface area contributed by atoms with Gasteiger partial charge in [0.05, 0.1) is 7.11 Å². The minimum atomic E-state index is -0.986. The van der Waals surface area contributed by atoms with Crippen molar-refractivity contribution in [2.24, 2.45) is 0 Å². The molecule has 0 fully saturated rings. The molecule has 0 bridgehead atoms. The van der Waals surface area contributed by atoms with Gasteiger partial charge in [0.2, 0.25) is 5.91 Å². The molecule has 2 rings (SSSR count). The average Bonchev–Trinajstić information content (AvgIpc) is 2.79. The van der Waals surface area contributed by atoms with Crippen LogP contribution in [0.2, 0.25) is 0 Å². The van der Waals surface area contributed by atoms with Crippen LogP contribution in [0.25, 0.3) is 0 Å². The first-order chi connectivity index (χ1) is 16.4. The lowest BCUT2D eigenvalue weighted by Gasteiger charge is -2.32. The van der Waals surface area contributed by atoms with E-state index in [1.165, 1.54) is 11.9 Å². The van der Waals surface area contributed by atoms with Gasteiger partial charge in [-0.25, -0.2) is 4.79 Å². The maximum atomic E-state index is 13.5. The third kappa shape index (κ3) is 7.65. The molecule has 2 unspecified atom stereocenters. The minimum absolute atomic E-state index is 0.0298. The number of carbonyl (C=O) groups is 3. The number of aryl methyl sites for hydroxylation is 1. The average molecular weight is 502 g/mol. The first-order valence-electron chi connectivity index (χ1n) is 11.3. The second kappa shape index (κ2) is 12.0. The predicted molar refractivity (Wildman–Crippen MR) is 140 cm³/mol. The van der Waals surface area contributed by atoms with Crippen LogP contribution >= 0.6 is 12.6 Å². The van der Waals surface area contributed by atoms with Crippen molar-refractivity contribution in [1.82, 2.24) is 10.2 Å². The summed E-state index contributed by atoms with van der Waals surface area (Å²) in [5, 5.41) is 5.45. The van der Waals surface area contributed by atoms with E-state index in [1.54, 1.807) is 52.1 Å². The third-order valence-electron chi connectivity index (χ3n) is 5.45. The zero-order valence-electron chi connectivity index (χ0n) is 21.3. The molecule has 35 heavy (non-hydrogen) atoms. The summed E-state index contributed by atoms with van der Waals surface area (Å²) in [4.78, 5) is 40.6. The van der Waals surface area contributed by atoms with Crippen molar-refractivity contribution in [3.05, 3.63) is 59.2 Å². The van der Waals surface area contributed by atoms with Crippen molar-refractivity contribution < 1.29 is 23.9 Å². The zero-order chi connectivity index (χ0) is 26.3. The summed E-state index contributed by atoms with van der Waals surface area (Å²) in [7, 11) is 3.10. The van der Waals surface area contributed by atoms with Gasteiger partial charge in [-0.1, -0.05) is 18.2 Å². The number of nitrogens with one attached hydrogen (secondary N) is 2. The summed E-state index contributed by atoms with van der Waals surface area (Å²) in [6.07, 6.45) is -0.732. The summed E-state index contributed by atoms with van der Waals surface area (Å²) in [6.45, 7) is 9.05. The summed E-state index contributed by atoms with van der Waals surface area (Å²) in [5.41, 5.74) is 2.40. The van der Waals surface area contributed by atoms with Gasteiger partial charge < -0.3 is 25.0 Å². The maximum Gasteiger partial charge on any atom is 0.408 e. The molecule has 0 radical (unpaired) electrons. The Kier molecular flexibility index (Phi) is 9.59. The molecule has 0 spiro atoms. The molecule has 2 N–H and O–H groups in total. The van der Waals surface area contributed by atoms with Crippen molar-refractivity contribution in [3.63, 3.8) is 0 Å². The van der Waals surface area contributed by atoms with Gasteiger partial charge in [0.15, 0.2) is 0 Å². The quantitative estimate of drug-likeness (QED) is 0.470. The standard InChI is InChI=1S/C26H35N3O5S/c1-16-9-8-10-20(17(16)2)22(23(30)27-18-11-13-19(33-7)14-12-18)29(6)24(31)21(15-35)28-25(32)34-26(3,4)5/h8-14,21-22,35H,15H2,1-7H3,(H,27,30)(H,28,32). The highest BCUT2D eigenvalue weighted by atomic mass is 32.1. The second-order valence-corrected chi connectivity index (χ2v) is 9.61. The number of hydrogen-bond donors (Lipinski definition) is 3. The van der Waals surface area contributed by atoms with Crippen LogP contribution in [0.4, 0.5) is 10.5 Å². The first-order valence-corrected chi connectivity index (χ1v) is 11.9. The number of hydrogen-bond acceptors (Lipinski definition) is 6. The molecule has 0 aliphatic rings. The fourth-order valence-corrected chi connectivity index (χ4v) is 3.74. The van der Waals surface area contributed by atoms with E-state index in [0.717, 1.165) is 11.1 Å². The molecule has 0 aliphatic carbocycles. The van der Waals surface area contributed by atoms with Gasteiger partial charge in [-0.3, -0.25) is 9.59 Å². The third-order valence-corrected chi connectivity index (χ3v) is 5.82. The van der Waals surface area contributed by atoms with Crippen LogP contribution in [0, 0.1) is 13.8 Å². The molecular formula is C26H35N3O5S. The van der Waals surface area contributed by atoms with E-state index in [-0.39, 0.29) is 5.75 Å². The molecule has 190 valence electrons. The predicted octanol–water partition coefficient (Wildman–Crippen LogP) is 4.27. The van der Waals surface area contributed by atoms with Crippen LogP contribution in [-0.4, -0.2) is 54.4 Å². The first kappa shape index (κ1) is 28.0. The largest absolute Gasteiger partial charge is 0.497 e. The molecular weight excluding hydrogens is 466 g/mol. The van der Waals surface area contributed by atoms with Gasteiger partial charge in [-0.2, -0.15) is 12.6 Å². The van der Waals surface area contributed by atoms with Crippen LogP contribution in [-0.2, 0) is 14.3 Å². The number of benzene rings is 2. The summed E-state index contributed by atoms with van der Waals surface area (Å²) < 4.78 is 10.5. The topological polar surface area (TPSA) is 97.0 Å². The number of amides is 3. The van der Waals surface area contributed by atoms with Gasteiger partial charge in [-0.05, 0) is 75.6 Å². The number of methoxy groups -OCH3 is 1. The Labute approximate surface area is 212 Å². The summed E-state index contributed by atoms with van der Waals surface area (Å²) >= 11 is 4.25. The lowest BCUT2D eigenvalue weighted by molar-refractivity contribution is -0.138. The number of thiol groups is 1. The van der Waals surface area contributed by atoms with Crippen molar-refractivity contribution in [1.29, 1.82) is 0 Å². The molecule has 9 heteroatoms. The monoisotopic (exact) mass is 501 g/mol. The SMILES string of the molecule is COc1ccc(NC(=O)C(c2cccc(C)c2C)N(C)C(=O)C(CS)NC(=O)OC(C)(C)C)cc1. The highest BCUT2D eigenvalue weighted by molar-refractivity contribution is 7.80. The van der Waals surface area contributed by atoms with Crippen molar-refractivity contribution in [2.45, 2.75) is 52.3 Å². The van der Waals surface area contributed by atoms with Crippen molar-refractivity contribution in [3.8, 4) is 5.75 Å². The highest BCUT2D eigenvalue weighted by Crippen LogP contribution is 2.28. The van der Waals surface area contributed by atoms with Crippen LogP contribution in [0.3, 0.4) is 0 Å². The van der Waals surface area contributed by atoms with E-state index in [1.807, 2.05) is 32.0 Å². The Morgan fingerprint density at radius 1 is 1.06 bits per heavy atom. The summed E-state index contributed by atoms with van der Waals surface area (Å²) in [6, 6.07) is 10.6. The summed E-state index contributed by atoms with van der Waals surface area (Å²) in [5.74, 6) is -0.176. The van der Waals surface area contributed by atoms with E-state index in [9.17, 15) is 14.4 Å². The number of nitrogens with zero attached hydrogens (tertiary/aromatic N) is 1. The Balaban J connectivity index is 2.37. The fourth-order valence-electron chi connectivity index (χ4n) is 3.49. The Morgan fingerprint density at radius 2 is 1.69 bits per heavy atom. The van der Waals surface area contributed by atoms with Crippen LogP contribution < -0.4 is 15.4 Å². The van der Waals surface area contributed by atoms with Gasteiger partial charge >= 0.3 is 6.09 Å². The zero-order valence-corrected chi connectivity index (χ0v) is 22.2. The molecule has 0 saturated carbocycles. The van der Waals surface area contributed by atoms with E-state index >= 15 is 0 Å². The Morgan fingerprint density at radius 3 is 2.23 bits per heavy atom. The van der Waals surface area contributed by atoms with Crippen LogP contribution in [0.5, 0.6) is 5.75 Å². The molecule has 0 heterocycles. The molecule has 0 aliphatic heterocycles. The number of anilines is 1. The fraction of sp³-hybridized carbons (Fsp3) is 0.423. The number of ether oxygens (including phenoxy) is 2. The minimum Gasteiger partial charge on any atom is -0.497 e. The van der Waals surface area contributed by atoms with E-state index < -0.39 is 35.6 Å². The number of alkyl carbamates (subject to hydrolysis) is 1. The molecule has 8 nitrogen and oxygen atoms in total. The van der Waals surface area contributed by atoms with Gasteiger partial charge in [-0.15, -0.1) is 0 Å². The van der Waals surface area contributed by atoms with Crippen molar-refractivity contribution >= 4 is 36.2 Å². The molecule has 0 aromatic heterocycles. The molecule has 0 saturated heterocycles. The lowest BCUT2D eigenvalue weighted by atomic mass is 9.95. The molecule has 2 aromatic rings. The van der Waals surface area contributed by atoms with Crippen LogP contribution in [0.15, 0.2) is 42.5 Å². The maximum absolute atomic E-state index is 13.5. The molecule has 2 aromatic carbocycles. The molecule has 3 amide bonds. The van der Waals surface area contributed by atoms with E-state index in [0.29, 0.717) is 17.0 Å². The second-order valence-electron chi connectivity index (χ2n) is 9.24. The van der Waals surface area contributed by atoms with E-state index in [2.05, 4.69) is 23.3 Å². The normalized spacial score (nSPS) is 12.8. The number of rotatable bonds is 8. The van der Waals surface area contributed by atoms with Gasteiger partial charge in [0.1, 0.15) is 23.4 Å². The lowest BCUT2D eigenvalue weighted by Crippen LogP contribution is -2.52. The number of likely N-dealkylation sites (N-methyl/N-ethyl adjacent to an activating group) is 1. The molecule has 2 atom stereocenters. The Hall–Kier alpha value is -3.20. The smallest absolute Gasteiger partial charge is 0.408 e. The van der Waals surface area contributed by atoms with Gasteiger partial charge in [0.25, 0.3) is 5.91 Å². The van der Waals surface area contributed by atoms with Crippen LogP contribution in [0.1, 0.15) is 43.5 Å². The number of carbonyl (C=O) groups excluding carboxylic acids is 3. The van der Waals surface area contributed by atoms with E-state index in [4.69, 9.17) is 9.47 Å². The van der Waals surface area contributed by atoms with Crippen molar-refractivity contribution in [2.75, 3.05) is 25.2 Å².